The van der Waals surface area contributed by atoms with E-state index in [1.54, 1.807) is 44.3 Å². The Hall–Kier alpha value is -2.27. The molecule has 0 aromatic heterocycles. The zero-order chi connectivity index (χ0) is 15.6. The van der Waals surface area contributed by atoms with Crippen molar-refractivity contribution in [3.63, 3.8) is 0 Å². The Labute approximate surface area is 128 Å². The van der Waals surface area contributed by atoms with Crippen LogP contribution in [0.1, 0.15) is 21.5 Å². The predicted octanol–water partition coefficient (Wildman–Crippen LogP) is 3.04. The summed E-state index contributed by atoms with van der Waals surface area (Å²) in [5, 5.41) is 0. The Bertz CT molecular complexity index is 715. The minimum absolute atomic E-state index is 0.0234. The van der Waals surface area contributed by atoms with Gasteiger partial charge in [-0.15, -0.1) is 0 Å². The second kappa shape index (κ2) is 6.01. The van der Waals surface area contributed by atoms with Crippen molar-refractivity contribution >= 4 is 28.8 Å². The van der Waals surface area contributed by atoms with E-state index in [4.69, 9.17) is 18.0 Å². The summed E-state index contributed by atoms with van der Waals surface area (Å²) < 4.78 is 13.9. The van der Waals surface area contributed by atoms with Crippen LogP contribution in [0, 0.1) is 12.7 Å². The highest BCUT2D eigenvalue weighted by Crippen LogP contribution is 2.22. The number of aryl methyl sites for hydroxylation is 1. The fourth-order valence-corrected chi connectivity index (χ4v) is 2.24. The molecule has 0 aliphatic rings. The Morgan fingerprint density at radius 3 is 2.52 bits per heavy atom. The van der Waals surface area contributed by atoms with Crippen LogP contribution in [0.2, 0.25) is 0 Å². The summed E-state index contributed by atoms with van der Waals surface area (Å²) in [4.78, 5) is 14.0. The standard InChI is InChI=1S/C16H15FN2OS/c1-10-7-8-13(17)12(9-10)16(20)19(2)14-6-4-3-5-11(14)15(18)21/h3-9H,1-2H3,(H2,18,21). The van der Waals surface area contributed by atoms with Crippen LogP contribution < -0.4 is 10.6 Å². The van der Waals surface area contributed by atoms with Crippen LogP contribution >= 0.6 is 12.2 Å². The number of nitrogens with zero attached hydrogens (tertiary/aromatic N) is 1. The summed E-state index contributed by atoms with van der Waals surface area (Å²) in [5.41, 5.74) is 7.64. The first-order chi connectivity index (χ1) is 9.91. The number of carbonyl (C=O) groups excluding carboxylic acids is 1. The minimum Gasteiger partial charge on any atom is -0.389 e. The van der Waals surface area contributed by atoms with Crippen molar-refractivity contribution in [1.82, 2.24) is 0 Å². The highest BCUT2D eigenvalue weighted by Gasteiger charge is 2.20. The number of anilines is 1. The summed E-state index contributed by atoms with van der Waals surface area (Å²) in [6, 6.07) is 11.4. The molecule has 2 aromatic carbocycles. The van der Waals surface area contributed by atoms with Crippen LogP contribution in [0.5, 0.6) is 0 Å². The van der Waals surface area contributed by atoms with Gasteiger partial charge in [0.25, 0.3) is 5.91 Å². The third kappa shape index (κ3) is 3.08. The lowest BCUT2D eigenvalue weighted by atomic mass is 10.1. The second-order valence-corrected chi connectivity index (χ2v) is 5.17. The molecule has 2 N–H and O–H groups in total. The Morgan fingerprint density at radius 1 is 1.19 bits per heavy atom. The van der Waals surface area contributed by atoms with Crippen molar-refractivity contribution in [3.05, 3.63) is 65.0 Å². The molecule has 0 saturated heterocycles. The summed E-state index contributed by atoms with van der Waals surface area (Å²) >= 11 is 4.98. The lowest BCUT2D eigenvalue weighted by molar-refractivity contribution is 0.0989. The van der Waals surface area contributed by atoms with E-state index in [2.05, 4.69) is 0 Å². The lowest BCUT2D eigenvalue weighted by Gasteiger charge is -2.20. The molecule has 2 rings (SSSR count). The zero-order valence-electron chi connectivity index (χ0n) is 11.8. The topological polar surface area (TPSA) is 46.3 Å². The van der Waals surface area contributed by atoms with Gasteiger partial charge in [-0.05, 0) is 31.2 Å². The molecule has 0 bridgehead atoms. The van der Waals surface area contributed by atoms with Gasteiger partial charge in [-0.1, -0.05) is 36.0 Å². The van der Waals surface area contributed by atoms with E-state index in [-0.39, 0.29) is 10.6 Å². The van der Waals surface area contributed by atoms with E-state index in [1.165, 1.54) is 17.0 Å². The van der Waals surface area contributed by atoms with Crippen molar-refractivity contribution in [2.75, 3.05) is 11.9 Å². The number of para-hydroxylation sites is 1. The molecule has 1 amide bonds. The van der Waals surface area contributed by atoms with Crippen molar-refractivity contribution in [2.24, 2.45) is 5.73 Å². The number of rotatable bonds is 3. The maximum atomic E-state index is 13.9. The van der Waals surface area contributed by atoms with Gasteiger partial charge in [-0.25, -0.2) is 4.39 Å². The summed E-state index contributed by atoms with van der Waals surface area (Å²) in [7, 11) is 1.57. The molecule has 0 heterocycles. The van der Waals surface area contributed by atoms with Gasteiger partial charge in [0.15, 0.2) is 0 Å². The molecule has 0 aliphatic heterocycles. The van der Waals surface area contributed by atoms with Gasteiger partial charge in [0.2, 0.25) is 0 Å². The molecule has 0 fully saturated rings. The molecule has 0 spiro atoms. The predicted molar refractivity (Wildman–Crippen MR) is 86.2 cm³/mol. The first-order valence-electron chi connectivity index (χ1n) is 6.35. The molecule has 21 heavy (non-hydrogen) atoms. The van der Waals surface area contributed by atoms with Crippen LogP contribution in [-0.2, 0) is 0 Å². The molecular formula is C16H15FN2OS. The molecule has 0 atom stereocenters. The molecule has 5 heteroatoms. The van der Waals surface area contributed by atoms with E-state index in [0.717, 1.165) is 5.56 Å². The lowest BCUT2D eigenvalue weighted by Crippen LogP contribution is -2.29. The van der Waals surface area contributed by atoms with Gasteiger partial charge < -0.3 is 10.6 Å². The van der Waals surface area contributed by atoms with Crippen LogP contribution in [0.3, 0.4) is 0 Å². The van der Waals surface area contributed by atoms with E-state index in [9.17, 15) is 9.18 Å². The van der Waals surface area contributed by atoms with E-state index in [0.29, 0.717) is 11.3 Å². The maximum Gasteiger partial charge on any atom is 0.261 e. The largest absolute Gasteiger partial charge is 0.389 e. The van der Waals surface area contributed by atoms with Crippen LogP contribution in [0.25, 0.3) is 0 Å². The number of hydrogen-bond acceptors (Lipinski definition) is 2. The van der Waals surface area contributed by atoms with Crippen molar-refractivity contribution in [2.45, 2.75) is 6.92 Å². The summed E-state index contributed by atoms with van der Waals surface area (Å²) in [6.07, 6.45) is 0. The maximum absolute atomic E-state index is 13.9. The molecule has 0 saturated carbocycles. The number of hydrogen-bond donors (Lipinski definition) is 1. The molecule has 0 unspecified atom stereocenters. The fraction of sp³-hybridized carbons (Fsp3) is 0.125. The van der Waals surface area contributed by atoms with Gasteiger partial charge >= 0.3 is 0 Å². The number of benzene rings is 2. The highest BCUT2D eigenvalue weighted by molar-refractivity contribution is 7.80. The van der Waals surface area contributed by atoms with Crippen molar-refractivity contribution < 1.29 is 9.18 Å². The normalized spacial score (nSPS) is 10.2. The van der Waals surface area contributed by atoms with E-state index in [1.807, 2.05) is 0 Å². The third-order valence-electron chi connectivity index (χ3n) is 3.19. The smallest absolute Gasteiger partial charge is 0.261 e. The van der Waals surface area contributed by atoms with Gasteiger partial charge in [-0.2, -0.15) is 0 Å². The number of carbonyl (C=O) groups is 1. The second-order valence-electron chi connectivity index (χ2n) is 4.73. The number of amides is 1. The van der Waals surface area contributed by atoms with Gasteiger partial charge in [0.1, 0.15) is 10.8 Å². The Balaban J connectivity index is 2.45. The Kier molecular flexibility index (Phi) is 4.33. The number of nitrogens with two attached hydrogens (primary N) is 1. The van der Waals surface area contributed by atoms with E-state index < -0.39 is 11.7 Å². The molecule has 3 nitrogen and oxygen atoms in total. The summed E-state index contributed by atoms with van der Waals surface area (Å²) in [6.45, 7) is 1.80. The molecule has 108 valence electrons. The van der Waals surface area contributed by atoms with Crippen LogP contribution in [0.4, 0.5) is 10.1 Å². The van der Waals surface area contributed by atoms with Crippen molar-refractivity contribution in [1.29, 1.82) is 0 Å². The fourth-order valence-electron chi connectivity index (χ4n) is 2.07. The van der Waals surface area contributed by atoms with Crippen molar-refractivity contribution in [3.8, 4) is 0 Å². The zero-order valence-corrected chi connectivity index (χ0v) is 12.6. The third-order valence-corrected chi connectivity index (χ3v) is 3.41. The molecular weight excluding hydrogens is 287 g/mol. The number of thiocarbonyl (C=S) groups is 1. The molecule has 0 aliphatic carbocycles. The van der Waals surface area contributed by atoms with Crippen LogP contribution in [0.15, 0.2) is 42.5 Å². The van der Waals surface area contributed by atoms with E-state index >= 15 is 0 Å². The number of halogens is 1. The SMILES string of the molecule is Cc1ccc(F)c(C(=O)N(C)c2ccccc2C(N)=S)c1. The first kappa shape index (κ1) is 15.1. The molecule has 0 radical (unpaired) electrons. The Morgan fingerprint density at radius 2 is 1.86 bits per heavy atom. The van der Waals surface area contributed by atoms with Gasteiger partial charge in [-0.3, -0.25) is 4.79 Å². The van der Waals surface area contributed by atoms with Gasteiger partial charge in [0.05, 0.1) is 11.3 Å². The molecule has 2 aromatic rings. The monoisotopic (exact) mass is 302 g/mol. The quantitative estimate of drug-likeness (QED) is 0.886. The minimum atomic E-state index is -0.551. The average molecular weight is 302 g/mol. The summed E-state index contributed by atoms with van der Waals surface area (Å²) in [5.74, 6) is -0.995. The van der Waals surface area contributed by atoms with Crippen LogP contribution in [-0.4, -0.2) is 17.9 Å². The van der Waals surface area contributed by atoms with Gasteiger partial charge in [0, 0.05) is 12.6 Å². The average Bonchev–Trinajstić information content (AvgIpc) is 2.48. The first-order valence-corrected chi connectivity index (χ1v) is 6.75. The highest BCUT2D eigenvalue weighted by atomic mass is 32.1.